The minimum atomic E-state index is -0.418. The highest BCUT2D eigenvalue weighted by Crippen LogP contribution is 2.33. The van der Waals surface area contributed by atoms with Gasteiger partial charge in [0.25, 0.3) is 5.91 Å². The lowest BCUT2D eigenvalue weighted by Gasteiger charge is -2.13. The van der Waals surface area contributed by atoms with Crippen molar-refractivity contribution in [3.63, 3.8) is 0 Å². The Hall–Kier alpha value is -2.80. The Labute approximate surface area is 117 Å². The van der Waals surface area contributed by atoms with Crippen LogP contribution in [0.15, 0.2) is 42.5 Å². The van der Waals surface area contributed by atoms with E-state index in [0.717, 1.165) is 22.5 Å². The average Bonchev–Trinajstić information content (AvgIpc) is 2.75. The smallest absolute Gasteiger partial charge is 0.251 e. The zero-order chi connectivity index (χ0) is 14.1. The number of nitrogens with one attached hydrogen (secondary N) is 2. The first kappa shape index (κ1) is 12.2. The molecule has 1 amide bonds. The van der Waals surface area contributed by atoms with Crippen LogP contribution in [0.25, 0.3) is 0 Å². The summed E-state index contributed by atoms with van der Waals surface area (Å²) in [4.78, 5) is 12.1. The third-order valence-electron chi connectivity index (χ3n) is 3.34. The molecule has 2 aromatic rings. The molecule has 2 N–H and O–H groups in total. The number of benzene rings is 2. The van der Waals surface area contributed by atoms with E-state index in [-0.39, 0.29) is 5.91 Å². The van der Waals surface area contributed by atoms with Crippen LogP contribution in [0.2, 0.25) is 0 Å². The minimum Gasteiger partial charge on any atom is -0.370 e. The highest BCUT2D eigenvalue weighted by Gasteiger charge is 2.30. The van der Waals surface area contributed by atoms with Crippen LogP contribution in [-0.4, -0.2) is 5.91 Å². The van der Waals surface area contributed by atoms with Crippen molar-refractivity contribution in [2.24, 2.45) is 0 Å². The number of hydrogen-bond donors (Lipinski definition) is 2. The quantitative estimate of drug-likeness (QED) is 0.875. The van der Waals surface area contributed by atoms with Gasteiger partial charge in [-0.25, -0.2) is 0 Å². The first-order valence-corrected chi connectivity index (χ1v) is 6.35. The maximum absolute atomic E-state index is 12.1. The normalized spacial score (nSPS) is 16.2. The summed E-state index contributed by atoms with van der Waals surface area (Å²) in [5, 5.41) is 15.0. The van der Waals surface area contributed by atoms with Gasteiger partial charge in [-0.2, -0.15) is 5.26 Å². The third-order valence-corrected chi connectivity index (χ3v) is 3.34. The number of fused-ring (bicyclic) bond motifs is 1. The summed E-state index contributed by atoms with van der Waals surface area (Å²) in [6.07, 6.45) is 0. The van der Waals surface area contributed by atoms with Gasteiger partial charge in [0.1, 0.15) is 6.04 Å². The van der Waals surface area contributed by atoms with Gasteiger partial charge >= 0.3 is 0 Å². The molecule has 1 heterocycles. The van der Waals surface area contributed by atoms with E-state index in [9.17, 15) is 4.79 Å². The lowest BCUT2D eigenvalue weighted by molar-refractivity contribution is -0.116. The van der Waals surface area contributed by atoms with Crippen LogP contribution < -0.4 is 10.6 Å². The SMILES string of the molecule is Cc1ccc2c(c1)C(Nc1cccc(C#N)c1)C(=O)N2. The molecule has 0 bridgehead atoms. The number of carbonyl (C=O) groups is 1. The fourth-order valence-electron chi connectivity index (χ4n) is 2.37. The van der Waals surface area contributed by atoms with Crippen LogP contribution in [0.1, 0.15) is 22.7 Å². The summed E-state index contributed by atoms with van der Waals surface area (Å²) < 4.78 is 0. The first-order valence-electron chi connectivity index (χ1n) is 6.35. The van der Waals surface area contributed by atoms with Crippen molar-refractivity contribution >= 4 is 17.3 Å². The Morgan fingerprint density at radius 2 is 2.10 bits per heavy atom. The van der Waals surface area contributed by atoms with E-state index in [0.29, 0.717) is 5.56 Å². The largest absolute Gasteiger partial charge is 0.370 e. The topological polar surface area (TPSA) is 64.9 Å². The molecule has 0 saturated carbocycles. The lowest BCUT2D eigenvalue weighted by Crippen LogP contribution is -2.19. The van der Waals surface area contributed by atoms with Crippen LogP contribution in [0, 0.1) is 18.3 Å². The molecule has 4 heteroatoms. The van der Waals surface area contributed by atoms with Crippen molar-refractivity contribution in [1.29, 1.82) is 5.26 Å². The number of amides is 1. The van der Waals surface area contributed by atoms with Crippen LogP contribution >= 0.6 is 0 Å². The molecule has 0 aromatic heterocycles. The molecular weight excluding hydrogens is 250 g/mol. The van der Waals surface area contributed by atoms with Gasteiger partial charge in [-0.1, -0.05) is 23.8 Å². The zero-order valence-corrected chi connectivity index (χ0v) is 11.0. The maximum Gasteiger partial charge on any atom is 0.251 e. The number of rotatable bonds is 2. The van der Waals surface area contributed by atoms with Gasteiger partial charge in [0.2, 0.25) is 0 Å². The molecule has 1 aliphatic rings. The summed E-state index contributed by atoms with van der Waals surface area (Å²) in [6.45, 7) is 2.00. The van der Waals surface area contributed by atoms with E-state index in [4.69, 9.17) is 5.26 Å². The molecule has 4 nitrogen and oxygen atoms in total. The molecule has 98 valence electrons. The molecular formula is C16H13N3O. The maximum atomic E-state index is 12.1. The van der Waals surface area contributed by atoms with Crippen LogP contribution in [-0.2, 0) is 4.79 Å². The summed E-state index contributed by atoms with van der Waals surface area (Å²) in [7, 11) is 0. The van der Waals surface area contributed by atoms with Gasteiger partial charge in [0.15, 0.2) is 0 Å². The Morgan fingerprint density at radius 1 is 1.25 bits per heavy atom. The molecule has 0 spiro atoms. The van der Waals surface area contributed by atoms with Crippen LogP contribution in [0.5, 0.6) is 0 Å². The molecule has 1 atom stereocenters. The van der Waals surface area contributed by atoms with E-state index < -0.39 is 6.04 Å². The van der Waals surface area contributed by atoms with Crippen molar-refractivity contribution in [2.45, 2.75) is 13.0 Å². The van der Waals surface area contributed by atoms with E-state index >= 15 is 0 Å². The highest BCUT2D eigenvalue weighted by atomic mass is 16.2. The van der Waals surface area contributed by atoms with E-state index in [1.165, 1.54) is 0 Å². The number of nitrogens with zero attached hydrogens (tertiary/aromatic N) is 1. The molecule has 1 unspecified atom stereocenters. The zero-order valence-electron chi connectivity index (χ0n) is 11.0. The second-order valence-electron chi connectivity index (χ2n) is 4.85. The summed E-state index contributed by atoms with van der Waals surface area (Å²) in [5.74, 6) is -0.0760. The minimum absolute atomic E-state index is 0.0760. The van der Waals surface area contributed by atoms with Gasteiger partial charge in [-0.05, 0) is 31.2 Å². The molecule has 3 rings (SSSR count). The molecule has 1 aliphatic heterocycles. The number of anilines is 2. The molecule has 0 radical (unpaired) electrons. The second kappa shape index (κ2) is 4.71. The van der Waals surface area contributed by atoms with E-state index in [1.54, 1.807) is 18.2 Å². The van der Waals surface area contributed by atoms with Gasteiger partial charge < -0.3 is 10.6 Å². The molecule has 0 fully saturated rings. The lowest BCUT2D eigenvalue weighted by atomic mass is 10.0. The predicted molar refractivity (Wildman–Crippen MR) is 77.3 cm³/mol. The molecule has 0 saturated heterocycles. The fraction of sp³-hybridized carbons (Fsp3) is 0.125. The predicted octanol–water partition coefficient (Wildman–Crippen LogP) is 2.97. The average molecular weight is 263 g/mol. The number of nitriles is 1. The standard InChI is InChI=1S/C16H13N3O/c1-10-5-6-14-13(7-10)15(16(20)19-14)18-12-4-2-3-11(8-12)9-17/h2-8,15,18H,1H3,(H,19,20). The third kappa shape index (κ3) is 2.10. The van der Waals surface area contributed by atoms with Crippen molar-refractivity contribution in [3.8, 4) is 6.07 Å². The van der Waals surface area contributed by atoms with Crippen molar-refractivity contribution in [1.82, 2.24) is 0 Å². The van der Waals surface area contributed by atoms with Crippen LogP contribution in [0.4, 0.5) is 11.4 Å². The number of aryl methyl sites for hydroxylation is 1. The fourth-order valence-corrected chi connectivity index (χ4v) is 2.37. The van der Waals surface area contributed by atoms with Crippen LogP contribution in [0.3, 0.4) is 0 Å². The Kier molecular flexibility index (Phi) is 2.88. The Balaban J connectivity index is 1.94. The summed E-state index contributed by atoms with van der Waals surface area (Å²) in [5.41, 5.74) is 4.22. The summed E-state index contributed by atoms with van der Waals surface area (Å²) in [6, 6.07) is 14.7. The van der Waals surface area contributed by atoms with Crippen molar-refractivity contribution in [2.75, 3.05) is 10.6 Å². The number of hydrogen-bond acceptors (Lipinski definition) is 3. The van der Waals surface area contributed by atoms with E-state index in [2.05, 4.69) is 16.7 Å². The monoisotopic (exact) mass is 263 g/mol. The molecule has 0 aliphatic carbocycles. The molecule has 20 heavy (non-hydrogen) atoms. The van der Waals surface area contributed by atoms with Crippen molar-refractivity contribution in [3.05, 3.63) is 59.2 Å². The van der Waals surface area contributed by atoms with Gasteiger partial charge in [0.05, 0.1) is 11.6 Å². The van der Waals surface area contributed by atoms with Crippen molar-refractivity contribution < 1.29 is 4.79 Å². The Morgan fingerprint density at radius 3 is 2.90 bits per heavy atom. The second-order valence-corrected chi connectivity index (χ2v) is 4.85. The summed E-state index contributed by atoms with van der Waals surface area (Å²) >= 11 is 0. The first-order chi connectivity index (χ1) is 9.67. The Bertz CT molecular complexity index is 731. The van der Waals surface area contributed by atoms with Gasteiger partial charge in [0, 0.05) is 16.9 Å². The number of carbonyl (C=O) groups excluding carboxylic acids is 1. The van der Waals surface area contributed by atoms with E-state index in [1.807, 2.05) is 31.2 Å². The highest BCUT2D eigenvalue weighted by molar-refractivity contribution is 6.04. The van der Waals surface area contributed by atoms with Gasteiger partial charge in [-0.3, -0.25) is 4.79 Å². The van der Waals surface area contributed by atoms with Gasteiger partial charge in [-0.15, -0.1) is 0 Å². The molecule has 2 aromatic carbocycles.